The summed E-state index contributed by atoms with van der Waals surface area (Å²) in [7, 11) is 2.80. The Kier molecular flexibility index (Phi) is 8.44. The number of amides is 1. The number of hydrogen-bond donors (Lipinski definition) is 1. The van der Waals surface area contributed by atoms with Crippen LogP contribution in [0.3, 0.4) is 0 Å². The SMILES string of the molecule is COC(=O)COc1c(I)cc(/C=N/NC(=O)Cc2ccc(C)cc2C)cc1OC. The maximum atomic E-state index is 12.1. The van der Waals surface area contributed by atoms with Gasteiger partial charge in [-0.25, -0.2) is 10.2 Å². The molecule has 7 nitrogen and oxygen atoms in total. The summed E-state index contributed by atoms with van der Waals surface area (Å²) in [4.78, 5) is 23.4. The number of esters is 1. The third-order valence-corrected chi connectivity index (χ3v) is 4.87. The predicted molar refractivity (Wildman–Crippen MR) is 119 cm³/mol. The Labute approximate surface area is 183 Å². The van der Waals surface area contributed by atoms with E-state index in [-0.39, 0.29) is 18.9 Å². The van der Waals surface area contributed by atoms with Crippen molar-refractivity contribution in [2.45, 2.75) is 20.3 Å². The van der Waals surface area contributed by atoms with Crippen LogP contribution in [-0.4, -0.2) is 38.9 Å². The molecule has 0 saturated carbocycles. The number of hydrogen-bond acceptors (Lipinski definition) is 6. The van der Waals surface area contributed by atoms with Gasteiger partial charge in [-0.1, -0.05) is 23.8 Å². The van der Waals surface area contributed by atoms with Crippen LogP contribution in [-0.2, 0) is 20.7 Å². The number of aryl methyl sites for hydroxylation is 2. The van der Waals surface area contributed by atoms with Crippen LogP contribution in [0.15, 0.2) is 35.4 Å². The fraction of sp³-hybridized carbons (Fsp3) is 0.286. The normalized spacial score (nSPS) is 10.7. The first kappa shape index (κ1) is 22.7. The van der Waals surface area contributed by atoms with Crippen LogP contribution in [0.5, 0.6) is 11.5 Å². The number of carbonyl (C=O) groups is 2. The highest BCUT2D eigenvalue weighted by Gasteiger charge is 2.13. The Morgan fingerprint density at radius 3 is 2.59 bits per heavy atom. The molecule has 2 rings (SSSR count). The molecular weight excluding hydrogens is 487 g/mol. The monoisotopic (exact) mass is 510 g/mol. The van der Waals surface area contributed by atoms with E-state index in [9.17, 15) is 9.59 Å². The fourth-order valence-corrected chi connectivity index (χ4v) is 3.36. The predicted octanol–water partition coefficient (Wildman–Crippen LogP) is 3.16. The van der Waals surface area contributed by atoms with Crippen molar-refractivity contribution in [3.05, 3.63) is 56.2 Å². The van der Waals surface area contributed by atoms with Gasteiger partial charge in [0.05, 0.1) is 30.4 Å². The second kappa shape index (κ2) is 10.8. The molecule has 0 heterocycles. The number of benzene rings is 2. The van der Waals surface area contributed by atoms with Crippen LogP contribution < -0.4 is 14.9 Å². The van der Waals surface area contributed by atoms with Crippen molar-refractivity contribution in [1.82, 2.24) is 5.43 Å². The molecule has 8 heteroatoms. The average Bonchev–Trinajstić information content (AvgIpc) is 2.68. The van der Waals surface area contributed by atoms with Crippen molar-refractivity contribution in [1.29, 1.82) is 0 Å². The molecule has 29 heavy (non-hydrogen) atoms. The van der Waals surface area contributed by atoms with Crippen LogP contribution in [0.4, 0.5) is 0 Å². The van der Waals surface area contributed by atoms with E-state index in [1.165, 1.54) is 20.4 Å². The zero-order chi connectivity index (χ0) is 21.4. The second-order valence-corrected chi connectivity index (χ2v) is 7.46. The molecule has 2 aromatic carbocycles. The van der Waals surface area contributed by atoms with Gasteiger partial charge >= 0.3 is 5.97 Å². The Morgan fingerprint density at radius 1 is 1.17 bits per heavy atom. The lowest BCUT2D eigenvalue weighted by Crippen LogP contribution is -2.20. The molecule has 1 N–H and O–H groups in total. The molecule has 0 aliphatic heterocycles. The molecule has 0 saturated heterocycles. The van der Waals surface area contributed by atoms with Gasteiger partial charge in [0, 0.05) is 0 Å². The van der Waals surface area contributed by atoms with E-state index < -0.39 is 5.97 Å². The quantitative estimate of drug-likeness (QED) is 0.255. The van der Waals surface area contributed by atoms with Crippen molar-refractivity contribution in [3.63, 3.8) is 0 Å². The number of halogens is 1. The third-order valence-electron chi connectivity index (χ3n) is 4.07. The highest BCUT2D eigenvalue weighted by molar-refractivity contribution is 14.1. The maximum absolute atomic E-state index is 12.1. The van der Waals surface area contributed by atoms with Crippen LogP contribution in [0.2, 0.25) is 0 Å². The molecule has 2 aromatic rings. The van der Waals surface area contributed by atoms with Gasteiger partial charge in [-0.05, 0) is 65.3 Å². The summed E-state index contributed by atoms with van der Waals surface area (Å²) in [6, 6.07) is 9.49. The molecule has 0 unspecified atom stereocenters. The van der Waals surface area contributed by atoms with Crippen molar-refractivity contribution >= 4 is 40.7 Å². The average molecular weight is 510 g/mol. The molecule has 0 radical (unpaired) electrons. The van der Waals surface area contributed by atoms with Crippen molar-refractivity contribution < 1.29 is 23.8 Å². The topological polar surface area (TPSA) is 86.2 Å². The minimum atomic E-state index is -0.486. The summed E-state index contributed by atoms with van der Waals surface area (Å²) in [5.74, 6) is 0.200. The van der Waals surface area contributed by atoms with Crippen LogP contribution in [0, 0.1) is 17.4 Å². The highest BCUT2D eigenvalue weighted by Crippen LogP contribution is 2.33. The van der Waals surface area contributed by atoms with Gasteiger partial charge in [0.1, 0.15) is 0 Å². The minimum Gasteiger partial charge on any atom is -0.493 e. The summed E-state index contributed by atoms with van der Waals surface area (Å²) in [5, 5.41) is 4.02. The van der Waals surface area contributed by atoms with Crippen molar-refractivity contribution in [2.75, 3.05) is 20.8 Å². The number of nitrogens with zero attached hydrogens (tertiary/aromatic N) is 1. The van der Waals surface area contributed by atoms with E-state index in [2.05, 4.69) is 37.9 Å². The molecule has 0 aromatic heterocycles. The molecule has 0 atom stereocenters. The Morgan fingerprint density at radius 2 is 1.93 bits per heavy atom. The summed E-state index contributed by atoms with van der Waals surface area (Å²) < 4.78 is 16.1. The maximum Gasteiger partial charge on any atom is 0.343 e. The van der Waals surface area contributed by atoms with E-state index in [4.69, 9.17) is 9.47 Å². The largest absolute Gasteiger partial charge is 0.493 e. The van der Waals surface area contributed by atoms with E-state index in [1.807, 2.05) is 32.0 Å². The fourth-order valence-electron chi connectivity index (χ4n) is 2.58. The van der Waals surface area contributed by atoms with E-state index >= 15 is 0 Å². The lowest BCUT2D eigenvalue weighted by molar-refractivity contribution is -0.143. The summed E-state index contributed by atoms with van der Waals surface area (Å²) in [6.07, 6.45) is 1.78. The molecule has 0 aliphatic carbocycles. The first-order valence-corrected chi connectivity index (χ1v) is 9.87. The molecule has 0 bridgehead atoms. The third kappa shape index (κ3) is 6.74. The van der Waals surface area contributed by atoms with E-state index in [0.717, 1.165) is 20.3 Å². The van der Waals surface area contributed by atoms with Gasteiger partial charge in [0.15, 0.2) is 18.1 Å². The van der Waals surface area contributed by atoms with Gasteiger partial charge in [0.2, 0.25) is 5.91 Å². The van der Waals surface area contributed by atoms with Gasteiger partial charge in [0.25, 0.3) is 0 Å². The first-order chi connectivity index (χ1) is 13.8. The van der Waals surface area contributed by atoms with Gasteiger partial charge < -0.3 is 14.2 Å². The van der Waals surface area contributed by atoms with Crippen molar-refractivity contribution in [2.24, 2.45) is 5.10 Å². The summed E-state index contributed by atoms with van der Waals surface area (Å²) in [5.41, 5.74) is 6.45. The highest BCUT2D eigenvalue weighted by atomic mass is 127. The zero-order valence-electron chi connectivity index (χ0n) is 16.7. The van der Waals surface area contributed by atoms with E-state index in [1.54, 1.807) is 12.1 Å². The summed E-state index contributed by atoms with van der Waals surface area (Å²) in [6.45, 7) is 3.78. The van der Waals surface area contributed by atoms with Crippen LogP contribution in [0.1, 0.15) is 22.3 Å². The van der Waals surface area contributed by atoms with Crippen molar-refractivity contribution in [3.8, 4) is 11.5 Å². The molecule has 0 fully saturated rings. The number of methoxy groups -OCH3 is 2. The van der Waals surface area contributed by atoms with Gasteiger partial charge in [-0.3, -0.25) is 4.79 Å². The molecular formula is C21H23IN2O5. The molecule has 0 aliphatic rings. The zero-order valence-corrected chi connectivity index (χ0v) is 18.9. The number of hydrazone groups is 1. The minimum absolute atomic E-state index is 0.201. The van der Waals surface area contributed by atoms with E-state index in [0.29, 0.717) is 17.1 Å². The Bertz CT molecular complexity index is 928. The Balaban J connectivity index is 2.03. The molecule has 154 valence electrons. The molecule has 0 spiro atoms. The smallest absolute Gasteiger partial charge is 0.343 e. The van der Waals surface area contributed by atoms with Crippen LogP contribution in [0.25, 0.3) is 0 Å². The van der Waals surface area contributed by atoms with Gasteiger partial charge in [-0.15, -0.1) is 0 Å². The lowest BCUT2D eigenvalue weighted by atomic mass is 10.0. The Hall–Kier alpha value is -2.62. The van der Waals surface area contributed by atoms with Crippen LogP contribution >= 0.6 is 22.6 Å². The number of carbonyl (C=O) groups excluding carboxylic acids is 2. The summed E-state index contributed by atoms with van der Waals surface area (Å²) >= 11 is 2.07. The number of nitrogens with one attached hydrogen (secondary N) is 1. The standard InChI is InChI=1S/C21H23IN2O5/c1-13-5-6-16(14(2)7-13)10-19(25)24-23-11-15-8-17(22)21(18(9-15)27-3)29-12-20(26)28-4/h5-9,11H,10,12H2,1-4H3,(H,24,25)/b23-11+. The number of rotatable bonds is 8. The number of ether oxygens (including phenoxy) is 3. The molecule has 1 amide bonds. The first-order valence-electron chi connectivity index (χ1n) is 8.79. The van der Waals surface area contributed by atoms with Gasteiger partial charge in [-0.2, -0.15) is 5.10 Å². The lowest BCUT2D eigenvalue weighted by Gasteiger charge is -2.12. The second-order valence-electron chi connectivity index (χ2n) is 6.30.